The molecule has 0 atom stereocenters. The van der Waals surface area contributed by atoms with Gasteiger partial charge in [0.1, 0.15) is 11.5 Å². The van der Waals surface area contributed by atoms with Gasteiger partial charge in [0.2, 0.25) is 5.88 Å². The highest BCUT2D eigenvalue weighted by Crippen LogP contribution is 2.24. The van der Waals surface area contributed by atoms with Crippen LogP contribution in [0.2, 0.25) is 0 Å². The largest absolute Gasteiger partial charge is 0.461 e. The zero-order valence-corrected chi connectivity index (χ0v) is 14.6. The number of aromatic nitrogens is 3. The molecular weight excluding hydrogens is 318 g/mol. The average molecular weight is 339 g/mol. The third-order valence-corrected chi connectivity index (χ3v) is 3.32. The molecule has 0 aliphatic carbocycles. The minimum Gasteiger partial charge on any atom is -0.461 e. The first-order valence-electron chi connectivity index (χ1n) is 7.91. The molecule has 6 heteroatoms. The zero-order valence-electron chi connectivity index (χ0n) is 14.6. The van der Waals surface area contributed by atoms with Gasteiger partial charge in [0, 0.05) is 23.4 Å². The molecule has 0 radical (unpaired) electrons. The highest BCUT2D eigenvalue weighted by Gasteiger charge is 2.18. The van der Waals surface area contributed by atoms with Gasteiger partial charge < -0.3 is 9.47 Å². The quantitative estimate of drug-likeness (QED) is 0.469. The van der Waals surface area contributed by atoms with Gasteiger partial charge in [-0.25, -0.2) is 9.78 Å². The predicted molar refractivity (Wildman–Crippen MR) is 96.2 cm³/mol. The van der Waals surface area contributed by atoms with E-state index < -0.39 is 5.97 Å². The van der Waals surface area contributed by atoms with Crippen LogP contribution in [0.5, 0.6) is 5.88 Å². The van der Waals surface area contributed by atoms with Crippen LogP contribution in [0.15, 0.2) is 55.0 Å². The van der Waals surface area contributed by atoms with Crippen molar-refractivity contribution in [1.29, 1.82) is 0 Å². The molecule has 0 fully saturated rings. The van der Waals surface area contributed by atoms with Crippen molar-refractivity contribution in [2.45, 2.75) is 20.8 Å². The summed E-state index contributed by atoms with van der Waals surface area (Å²) >= 11 is 0. The summed E-state index contributed by atoms with van der Waals surface area (Å²) in [5, 5.41) is 6.91. The van der Waals surface area contributed by atoms with Gasteiger partial charge in [0.05, 0.1) is 12.3 Å². The third-order valence-electron chi connectivity index (χ3n) is 3.32. The van der Waals surface area contributed by atoms with Crippen molar-refractivity contribution < 1.29 is 14.3 Å². The number of rotatable bonds is 7. The molecule has 0 aliphatic heterocycles. The van der Waals surface area contributed by atoms with Gasteiger partial charge in [-0.05, 0) is 32.9 Å². The van der Waals surface area contributed by atoms with E-state index in [0.717, 1.165) is 5.56 Å². The van der Waals surface area contributed by atoms with Crippen molar-refractivity contribution in [3.63, 3.8) is 0 Å². The molecule has 2 heterocycles. The predicted octanol–water partition coefficient (Wildman–Crippen LogP) is 3.98. The summed E-state index contributed by atoms with van der Waals surface area (Å²) in [5.41, 5.74) is 2.48. The Kier molecular flexibility index (Phi) is 6.28. The molecule has 0 bridgehead atoms. The number of H-pyrrole nitrogens is 1. The second-order valence-corrected chi connectivity index (χ2v) is 5.13. The summed E-state index contributed by atoms with van der Waals surface area (Å²) in [6.45, 7) is 9.61. The molecule has 0 aromatic carbocycles. The van der Waals surface area contributed by atoms with E-state index in [1.807, 2.05) is 38.1 Å². The van der Waals surface area contributed by atoms with Crippen molar-refractivity contribution in [3.05, 3.63) is 66.2 Å². The van der Waals surface area contributed by atoms with Crippen LogP contribution in [0.25, 0.3) is 11.3 Å². The number of esters is 1. The fraction of sp³-hybridized carbons (Fsp3) is 0.211. The minimum atomic E-state index is -0.420. The second kappa shape index (κ2) is 8.63. The van der Waals surface area contributed by atoms with Crippen molar-refractivity contribution in [3.8, 4) is 17.1 Å². The molecule has 0 unspecified atom stereocenters. The molecule has 2 rings (SSSR count). The van der Waals surface area contributed by atoms with Gasteiger partial charge in [-0.2, -0.15) is 5.10 Å². The van der Waals surface area contributed by atoms with Crippen LogP contribution < -0.4 is 4.74 Å². The van der Waals surface area contributed by atoms with Crippen LogP contribution in [0.4, 0.5) is 0 Å². The highest BCUT2D eigenvalue weighted by molar-refractivity contribution is 5.90. The summed E-state index contributed by atoms with van der Waals surface area (Å²) in [6.07, 6.45) is 9.01. The van der Waals surface area contributed by atoms with E-state index in [4.69, 9.17) is 9.47 Å². The van der Waals surface area contributed by atoms with E-state index in [1.165, 1.54) is 0 Å². The highest BCUT2D eigenvalue weighted by atomic mass is 16.5. The molecule has 0 spiro atoms. The number of nitrogens with one attached hydrogen (secondary N) is 1. The van der Waals surface area contributed by atoms with Crippen LogP contribution in [0, 0.1) is 6.92 Å². The van der Waals surface area contributed by atoms with Crippen molar-refractivity contribution in [2.75, 3.05) is 6.61 Å². The zero-order chi connectivity index (χ0) is 18.2. The van der Waals surface area contributed by atoms with E-state index in [0.29, 0.717) is 35.2 Å². The number of carbonyl (C=O) groups is 1. The maximum Gasteiger partial charge on any atom is 0.356 e. The standard InChI is InChI=1S/C19H21N3O3/c1-5-7-8-9-13(3)25-16-11-10-15(12-20-16)17-14(4)18(22-21-17)19(23)24-6-2/h5,7-12H,3,6H2,1-2,4H3,(H,21,22)/b7-5-,9-8-. The normalized spacial score (nSPS) is 11.2. The number of hydrogen-bond donors (Lipinski definition) is 1. The Morgan fingerprint density at radius 2 is 2.16 bits per heavy atom. The van der Waals surface area contributed by atoms with Crippen molar-refractivity contribution >= 4 is 5.97 Å². The van der Waals surface area contributed by atoms with Crippen LogP contribution in [-0.2, 0) is 4.74 Å². The van der Waals surface area contributed by atoms with Crippen LogP contribution in [-0.4, -0.2) is 27.8 Å². The SMILES string of the molecule is C=C(/C=C\C=C/C)Oc1ccc(-c2n[nH]c(C(=O)OCC)c2C)cn1. The Morgan fingerprint density at radius 1 is 1.36 bits per heavy atom. The van der Waals surface area contributed by atoms with Gasteiger partial charge in [0.25, 0.3) is 0 Å². The number of allylic oxidation sites excluding steroid dienone is 4. The van der Waals surface area contributed by atoms with Crippen molar-refractivity contribution in [2.24, 2.45) is 0 Å². The Bertz CT molecular complexity index is 802. The Balaban J connectivity index is 2.12. The second-order valence-electron chi connectivity index (χ2n) is 5.13. The van der Waals surface area contributed by atoms with Crippen molar-refractivity contribution in [1.82, 2.24) is 15.2 Å². The summed E-state index contributed by atoms with van der Waals surface area (Å²) in [5.74, 6) is 0.493. The number of ether oxygens (including phenoxy) is 2. The molecule has 2 aromatic rings. The third kappa shape index (κ3) is 4.67. The molecule has 0 saturated heterocycles. The molecule has 0 aliphatic rings. The Labute approximate surface area is 146 Å². The fourth-order valence-electron chi connectivity index (χ4n) is 2.10. The van der Waals surface area contributed by atoms with Crippen LogP contribution >= 0.6 is 0 Å². The maximum absolute atomic E-state index is 11.8. The van der Waals surface area contributed by atoms with Gasteiger partial charge >= 0.3 is 5.97 Å². The van der Waals surface area contributed by atoms with E-state index >= 15 is 0 Å². The molecule has 1 N–H and O–H groups in total. The first kappa shape index (κ1) is 18.2. The molecule has 25 heavy (non-hydrogen) atoms. The molecule has 2 aromatic heterocycles. The van der Waals surface area contributed by atoms with Gasteiger partial charge in [-0.15, -0.1) is 0 Å². The molecular formula is C19H21N3O3. The van der Waals surface area contributed by atoms with Gasteiger partial charge in [-0.3, -0.25) is 5.10 Å². The lowest BCUT2D eigenvalue weighted by atomic mass is 10.1. The lowest BCUT2D eigenvalue weighted by Crippen LogP contribution is -2.06. The number of carbonyl (C=O) groups excluding carboxylic acids is 1. The average Bonchev–Trinajstić information content (AvgIpc) is 2.98. The fourth-order valence-corrected chi connectivity index (χ4v) is 2.10. The number of aromatic amines is 1. The first-order valence-corrected chi connectivity index (χ1v) is 7.91. The number of pyridine rings is 1. The van der Waals surface area contributed by atoms with E-state index in [1.54, 1.807) is 25.3 Å². The number of hydrogen-bond acceptors (Lipinski definition) is 5. The monoisotopic (exact) mass is 339 g/mol. The van der Waals surface area contributed by atoms with Crippen LogP contribution in [0.1, 0.15) is 29.9 Å². The summed E-state index contributed by atoms with van der Waals surface area (Å²) in [4.78, 5) is 16.1. The van der Waals surface area contributed by atoms with Crippen LogP contribution in [0.3, 0.4) is 0 Å². The van der Waals surface area contributed by atoms with Gasteiger partial charge in [-0.1, -0.05) is 24.8 Å². The summed E-state index contributed by atoms with van der Waals surface area (Å²) < 4.78 is 10.5. The number of nitrogens with zero attached hydrogens (tertiary/aromatic N) is 2. The molecule has 0 saturated carbocycles. The lowest BCUT2D eigenvalue weighted by molar-refractivity contribution is 0.0518. The van der Waals surface area contributed by atoms with Gasteiger partial charge in [0.15, 0.2) is 0 Å². The smallest absolute Gasteiger partial charge is 0.356 e. The Morgan fingerprint density at radius 3 is 2.80 bits per heavy atom. The van der Waals surface area contributed by atoms with E-state index in [-0.39, 0.29) is 0 Å². The molecule has 6 nitrogen and oxygen atoms in total. The molecule has 130 valence electrons. The van der Waals surface area contributed by atoms with E-state index in [2.05, 4.69) is 21.8 Å². The first-order chi connectivity index (χ1) is 12.1. The van der Waals surface area contributed by atoms with E-state index in [9.17, 15) is 4.79 Å². The Hall–Kier alpha value is -3.15. The minimum absolute atomic E-state index is 0.312. The molecule has 0 amide bonds. The summed E-state index contributed by atoms with van der Waals surface area (Å²) in [6, 6.07) is 3.55. The summed E-state index contributed by atoms with van der Waals surface area (Å²) in [7, 11) is 0. The lowest BCUT2D eigenvalue weighted by Gasteiger charge is -2.05. The topological polar surface area (TPSA) is 77.1 Å². The maximum atomic E-state index is 11.8.